The molecule has 2 aliphatic rings. The van der Waals surface area contributed by atoms with Crippen LogP contribution in [0.2, 0.25) is 5.02 Å². The number of ether oxygens (including phenoxy) is 1. The second-order valence-corrected chi connectivity index (χ2v) is 7.65. The number of carbonyl (C=O) groups excluding carboxylic acids is 1. The van der Waals surface area contributed by atoms with Gasteiger partial charge in [-0.2, -0.15) is 0 Å². The molecule has 1 aliphatic carbocycles. The zero-order valence-electron chi connectivity index (χ0n) is 15.1. The molecule has 1 amide bonds. The summed E-state index contributed by atoms with van der Waals surface area (Å²) >= 11 is 5.86. The second-order valence-electron chi connectivity index (χ2n) is 7.21. The van der Waals surface area contributed by atoms with E-state index in [0.717, 1.165) is 44.6 Å². The Morgan fingerprint density at radius 2 is 1.85 bits per heavy atom. The van der Waals surface area contributed by atoms with Crippen molar-refractivity contribution < 1.29 is 14.6 Å². The number of carbonyl (C=O) groups is 1. The van der Waals surface area contributed by atoms with Crippen LogP contribution >= 0.6 is 11.6 Å². The zero-order chi connectivity index (χ0) is 18.4. The summed E-state index contributed by atoms with van der Waals surface area (Å²) in [6.45, 7) is 5.31. The summed E-state index contributed by atoms with van der Waals surface area (Å²) in [7, 11) is 0. The topological polar surface area (TPSA) is 65.0 Å². The lowest BCUT2D eigenvalue weighted by atomic mass is 10.2. The van der Waals surface area contributed by atoms with Gasteiger partial charge in [-0.3, -0.25) is 14.6 Å². The van der Waals surface area contributed by atoms with Gasteiger partial charge in [0.15, 0.2) is 0 Å². The molecule has 1 heterocycles. The summed E-state index contributed by atoms with van der Waals surface area (Å²) in [5.74, 6) is 0.136. The predicted molar refractivity (Wildman–Crippen MR) is 101 cm³/mol. The summed E-state index contributed by atoms with van der Waals surface area (Å²) < 4.78 is 5.60. The first-order valence-electron chi connectivity index (χ1n) is 9.33. The van der Waals surface area contributed by atoms with Crippen LogP contribution in [0, 0.1) is 0 Å². The molecular weight excluding hydrogens is 354 g/mol. The third-order valence-electron chi connectivity index (χ3n) is 4.74. The van der Waals surface area contributed by atoms with E-state index in [9.17, 15) is 9.90 Å². The third-order valence-corrected chi connectivity index (χ3v) is 4.99. The molecule has 1 saturated carbocycles. The molecule has 1 aliphatic heterocycles. The summed E-state index contributed by atoms with van der Waals surface area (Å²) in [5, 5.41) is 13.9. The number of aliphatic hydroxyl groups excluding tert-OH is 1. The highest BCUT2D eigenvalue weighted by atomic mass is 35.5. The SMILES string of the molecule is O=C(CN1CCN(C[C@@H](O)COCc2ccc(Cl)cc2)CC1)NC1CC1. The lowest BCUT2D eigenvalue weighted by Gasteiger charge is -2.35. The molecule has 2 fully saturated rings. The number of nitrogens with one attached hydrogen (secondary N) is 1. The molecule has 1 atom stereocenters. The van der Waals surface area contributed by atoms with E-state index < -0.39 is 6.10 Å². The number of piperazine rings is 1. The molecule has 0 spiro atoms. The molecule has 26 heavy (non-hydrogen) atoms. The van der Waals surface area contributed by atoms with Gasteiger partial charge in [-0.1, -0.05) is 23.7 Å². The Kier molecular flexibility index (Phi) is 7.28. The molecule has 144 valence electrons. The molecule has 2 N–H and O–H groups in total. The molecule has 6 nitrogen and oxygen atoms in total. The van der Waals surface area contributed by atoms with Gasteiger partial charge in [0.2, 0.25) is 5.91 Å². The van der Waals surface area contributed by atoms with Crippen molar-refractivity contribution >= 4 is 17.5 Å². The van der Waals surface area contributed by atoms with E-state index in [-0.39, 0.29) is 5.91 Å². The fraction of sp³-hybridized carbons (Fsp3) is 0.632. The van der Waals surface area contributed by atoms with Gasteiger partial charge in [-0.05, 0) is 30.5 Å². The molecule has 7 heteroatoms. The van der Waals surface area contributed by atoms with Crippen LogP contribution in [0.4, 0.5) is 0 Å². The molecule has 0 aromatic heterocycles. The summed E-state index contributed by atoms with van der Waals surface area (Å²) in [5.41, 5.74) is 1.04. The minimum Gasteiger partial charge on any atom is -0.389 e. The molecule has 0 radical (unpaired) electrons. The standard InChI is InChI=1S/C19H28ClN3O3/c20-16-3-1-15(2-4-16)13-26-14-18(24)11-22-7-9-23(10-8-22)12-19(25)21-17-5-6-17/h1-4,17-18,24H,5-14H2,(H,21,25)/t18-/m1/s1. The first-order valence-corrected chi connectivity index (χ1v) is 9.70. The minimum absolute atomic E-state index is 0.136. The first-order chi connectivity index (χ1) is 12.6. The Bertz CT molecular complexity index is 572. The number of amides is 1. The highest BCUT2D eigenvalue weighted by Gasteiger charge is 2.25. The maximum atomic E-state index is 11.8. The Morgan fingerprint density at radius 1 is 1.19 bits per heavy atom. The van der Waals surface area contributed by atoms with Gasteiger partial charge in [-0.15, -0.1) is 0 Å². The average molecular weight is 382 g/mol. The van der Waals surface area contributed by atoms with Crippen LogP contribution < -0.4 is 5.32 Å². The fourth-order valence-electron chi connectivity index (χ4n) is 3.08. The van der Waals surface area contributed by atoms with Crippen LogP contribution in [0.1, 0.15) is 18.4 Å². The van der Waals surface area contributed by atoms with Crippen molar-refractivity contribution in [2.75, 3.05) is 45.9 Å². The number of β-amino-alcohol motifs (C(OH)–C–C–N with tert-alkyl or cyclic N) is 1. The van der Waals surface area contributed by atoms with Crippen molar-refractivity contribution in [2.24, 2.45) is 0 Å². The normalized spacial score (nSPS) is 20.1. The lowest BCUT2D eigenvalue weighted by Crippen LogP contribution is -2.51. The molecular formula is C19H28ClN3O3. The fourth-order valence-corrected chi connectivity index (χ4v) is 3.20. The van der Waals surface area contributed by atoms with Crippen LogP contribution in [0.5, 0.6) is 0 Å². The zero-order valence-corrected chi connectivity index (χ0v) is 15.8. The molecule has 3 rings (SSSR count). The summed E-state index contributed by atoms with van der Waals surface area (Å²) in [4.78, 5) is 16.3. The second kappa shape index (κ2) is 9.67. The van der Waals surface area contributed by atoms with Crippen molar-refractivity contribution in [3.63, 3.8) is 0 Å². The molecule has 0 bridgehead atoms. The number of hydrogen-bond acceptors (Lipinski definition) is 5. The van der Waals surface area contributed by atoms with Crippen LogP contribution in [-0.4, -0.2) is 78.8 Å². The maximum Gasteiger partial charge on any atom is 0.234 e. The molecule has 1 saturated heterocycles. The number of benzene rings is 1. The van der Waals surface area contributed by atoms with Crippen molar-refractivity contribution in [1.82, 2.24) is 15.1 Å². The lowest BCUT2D eigenvalue weighted by molar-refractivity contribution is -0.122. The van der Waals surface area contributed by atoms with E-state index in [1.165, 1.54) is 0 Å². The Hall–Kier alpha value is -1.18. The molecule has 1 aromatic rings. The monoisotopic (exact) mass is 381 g/mol. The van der Waals surface area contributed by atoms with Gasteiger partial charge in [0.25, 0.3) is 0 Å². The quantitative estimate of drug-likeness (QED) is 0.671. The first kappa shape index (κ1) is 19.6. The van der Waals surface area contributed by atoms with Crippen molar-refractivity contribution in [2.45, 2.75) is 31.6 Å². The average Bonchev–Trinajstić information content (AvgIpc) is 3.42. The number of nitrogens with zero attached hydrogens (tertiary/aromatic N) is 2. The highest BCUT2D eigenvalue weighted by molar-refractivity contribution is 6.30. The maximum absolute atomic E-state index is 11.8. The van der Waals surface area contributed by atoms with Crippen molar-refractivity contribution in [3.8, 4) is 0 Å². The molecule has 1 aromatic carbocycles. The summed E-state index contributed by atoms with van der Waals surface area (Å²) in [6.07, 6.45) is 1.74. The van der Waals surface area contributed by atoms with Gasteiger partial charge in [-0.25, -0.2) is 0 Å². The van der Waals surface area contributed by atoms with E-state index in [0.29, 0.717) is 37.4 Å². The van der Waals surface area contributed by atoms with Gasteiger partial charge in [0.05, 0.1) is 25.9 Å². The highest BCUT2D eigenvalue weighted by Crippen LogP contribution is 2.18. The van der Waals surface area contributed by atoms with Crippen LogP contribution in [0.15, 0.2) is 24.3 Å². The van der Waals surface area contributed by atoms with E-state index in [4.69, 9.17) is 16.3 Å². The van der Waals surface area contributed by atoms with Gasteiger partial charge in [0, 0.05) is 43.8 Å². The van der Waals surface area contributed by atoms with Gasteiger partial charge >= 0.3 is 0 Å². The number of halogens is 1. The van der Waals surface area contributed by atoms with Crippen LogP contribution in [0.25, 0.3) is 0 Å². The summed E-state index contributed by atoms with van der Waals surface area (Å²) in [6, 6.07) is 7.94. The largest absolute Gasteiger partial charge is 0.389 e. The van der Waals surface area contributed by atoms with Crippen molar-refractivity contribution in [1.29, 1.82) is 0 Å². The van der Waals surface area contributed by atoms with E-state index in [1.807, 2.05) is 24.3 Å². The smallest absolute Gasteiger partial charge is 0.234 e. The van der Waals surface area contributed by atoms with Gasteiger partial charge < -0.3 is 15.2 Å². The number of rotatable bonds is 9. The van der Waals surface area contributed by atoms with E-state index in [1.54, 1.807) is 0 Å². The number of aliphatic hydroxyl groups is 1. The Morgan fingerprint density at radius 3 is 2.50 bits per heavy atom. The van der Waals surface area contributed by atoms with Gasteiger partial charge in [0.1, 0.15) is 0 Å². The Balaban J connectivity index is 1.27. The van der Waals surface area contributed by atoms with Crippen LogP contribution in [-0.2, 0) is 16.1 Å². The van der Waals surface area contributed by atoms with Crippen molar-refractivity contribution in [3.05, 3.63) is 34.9 Å². The third kappa shape index (κ3) is 6.85. The van der Waals surface area contributed by atoms with Crippen LogP contribution in [0.3, 0.4) is 0 Å². The Labute approximate surface area is 160 Å². The molecule has 0 unspecified atom stereocenters. The predicted octanol–water partition coefficient (Wildman–Crippen LogP) is 1.11. The van der Waals surface area contributed by atoms with E-state index in [2.05, 4.69) is 15.1 Å². The van der Waals surface area contributed by atoms with E-state index >= 15 is 0 Å². The minimum atomic E-state index is -0.507. The number of hydrogen-bond donors (Lipinski definition) is 2.